The summed E-state index contributed by atoms with van der Waals surface area (Å²) in [6.45, 7) is 6.66. The molecule has 1 atom stereocenters. The van der Waals surface area contributed by atoms with Crippen molar-refractivity contribution in [2.24, 2.45) is 5.92 Å². The molecule has 2 nitrogen and oxygen atoms in total. The van der Waals surface area contributed by atoms with Crippen molar-refractivity contribution >= 4 is 11.8 Å². The molecule has 13 heavy (non-hydrogen) atoms. The highest BCUT2D eigenvalue weighted by Gasteiger charge is 2.21. The summed E-state index contributed by atoms with van der Waals surface area (Å²) < 4.78 is 0. The minimum atomic E-state index is 0.164. The molecule has 74 valence electrons. The molecule has 0 aromatic heterocycles. The van der Waals surface area contributed by atoms with Crippen LogP contribution in [0.3, 0.4) is 0 Å². The molecular formula is C10H18N2S. The highest BCUT2D eigenvalue weighted by atomic mass is 32.2. The topological polar surface area (TPSA) is 27.0 Å². The number of thioether (sulfide) groups is 1. The molecule has 0 aromatic carbocycles. The molecule has 0 radical (unpaired) electrons. The highest BCUT2D eigenvalue weighted by molar-refractivity contribution is 7.99. The molecule has 0 aliphatic carbocycles. The summed E-state index contributed by atoms with van der Waals surface area (Å²) in [5.74, 6) is 2.93. The quantitative estimate of drug-likeness (QED) is 0.694. The third-order valence-electron chi connectivity index (χ3n) is 2.38. The lowest BCUT2D eigenvalue weighted by Crippen LogP contribution is -2.42. The summed E-state index contributed by atoms with van der Waals surface area (Å²) in [4.78, 5) is 2.33. The van der Waals surface area contributed by atoms with Gasteiger partial charge in [0.05, 0.1) is 6.07 Å². The standard InChI is InChI=1S/C10H18N2S/c1-9(2)3-4-12-5-6-13-8-10(12)7-11/h9-10H,3-6,8H2,1-2H3. The molecule has 0 aromatic rings. The smallest absolute Gasteiger partial charge is 0.107 e. The Morgan fingerprint density at radius 3 is 3.00 bits per heavy atom. The molecule has 1 heterocycles. The fourth-order valence-electron chi connectivity index (χ4n) is 1.45. The summed E-state index contributed by atoms with van der Waals surface area (Å²) in [5, 5.41) is 8.92. The van der Waals surface area contributed by atoms with Crippen LogP contribution in [0, 0.1) is 17.2 Å². The van der Waals surface area contributed by atoms with Crippen LogP contribution in [-0.4, -0.2) is 35.5 Å². The van der Waals surface area contributed by atoms with E-state index in [4.69, 9.17) is 5.26 Å². The van der Waals surface area contributed by atoms with Crippen molar-refractivity contribution in [2.45, 2.75) is 26.3 Å². The van der Waals surface area contributed by atoms with E-state index in [9.17, 15) is 0 Å². The van der Waals surface area contributed by atoms with E-state index >= 15 is 0 Å². The zero-order chi connectivity index (χ0) is 9.68. The van der Waals surface area contributed by atoms with Crippen molar-refractivity contribution in [2.75, 3.05) is 24.6 Å². The van der Waals surface area contributed by atoms with Gasteiger partial charge in [-0.2, -0.15) is 17.0 Å². The summed E-state index contributed by atoms with van der Waals surface area (Å²) in [6, 6.07) is 2.55. The van der Waals surface area contributed by atoms with Gasteiger partial charge in [0.25, 0.3) is 0 Å². The zero-order valence-corrected chi connectivity index (χ0v) is 9.31. The normalized spacial score (nSPS) is 24.6. The maximum atomic E-state index is 8.92. The van der Waals surface area contributed by atoms with Crippen LogP contribution in [0.1, 0.15) is 20.3 Å². The van der Waals surface area contributed by atoms with Gasteiger partial charge in [-0.05, 0) is 18.9 Å². The van der Waals surface area contributed by atoms with Crippen molar-refractivity contribution in [3.05, 3.63) is 0 Å². The van der Waals surface area contributed by atoms with Crippen LogP contribution in [0.5, 0.6) is 0 Å². The molecule has 0 N–H and O–H groups in total. The molecule has 0 bridgehead atoms. The van der Waals surface area contributed by atoms with Gasteiger partial charge in [0, 0.05) is 18.1 Å². The molecule has 0 saturated carbocycles. The van der Waals surface area contributed by atoms with Gasteiger partial charge in [-0.1, -0.05) is 13.8 Å². The fourth-order valence-corrected chi connectivity index (χ4v) is 2.49. The largest absolute Gasteiger partial charge is 0.287 e. The molecule has 1 saturated heterocycles. The molecule has 0 spiro atoms. The zero-order valence-electron chi connectivity index (χ0n) is 8.49. The molecular weight excluding hydrogens is 180 g/mol. The molecule has 1 aliphatic heterocycles. The predicted octanol–water partition coefficient (Wildman–Crippen LogP) is 1.97. The van der Waals surface area contributed by atoms with E-state index in [0.717, 1.165) is 24.8 Å². The fraction of sp³-hybridized carbons (Fsp3) is 0.900. The maximum absolute atomic E-state index is 8.92. The van der Waals surface area contributed by atoms with Gasteiger partial charge >= 0.3 is 0 Å². The van der Waals surface area contributed by atoms with Crippen LogP contribution in [0.4, 0.5) is 0 Å². The van der Waals surface area contributed by atoms with Gasteiger partial charge < -0.3 is 0 Å². The number of nitrogens with zero attached hydrogens (tertiary/aromatic N) is 2. The third-order valence-corrected chi connectivity index (χ3v) is 3.40. The molecule has 1 unspecified atom stereocenters. The average Bonchev–Trinajstić information content (AvgIpc) is 2.15. The van der Waals surface area contributed by atoms with Gasteiger partial charge in [-0.3, -0.25) is 4.90 Å². The highest BCUT2D eigenvalue weighted by Crippen LogP contribution is 2.16. The van der Waals surface area contributed by atoms with Crippen molar-refractivity contribution in [3.63, 3.8) is 0 Å². The molecule has 3 heteroatoms. The molecule has 1 aliphatic rings. The first-order valence-corrected chi connectivity index (χ1v) is 6.11. The van der Waals surface area contributed by atoms with Crippen LogP contribution in [0.2, 0.25) is 0 Å². The number of rotatable bonds is 3. The van der Waals surface area contributed by atoms with E-state index in [-0.39, 0.29) is 6.04 Å². The van der Waals surface area contributed by atoms with Gasteiger partial charge in [-0.25, -0.2) is 0 Å². The van der Waals surface area contributed by atoms with Crippen LogP contribution in [0.15, 0.2) is 0 Å². The van der Waals surface area contributed by atoms with E-state index in [1.165, 1.54) is 12.2 Å². The second kappa shape index (κ2) is 5.51. The lowest BCUT2D eigenvalue weighted by atomic mass is 10.1. The minimum Gasteiger partial charge on any atom is -0.287 e. The monoisotopic (exact) mass is 198 g/mol. The SMILES string of the molecule is CC(C)CCN1CCSCC1C#N. The van der Waals surface area contributed by atoms with Crippen molar-refractivity contribution in [3.8, 4) is 6.07 Å². The Hall–Kier alpha value is -0.200. The number of hydrogen-bond donors (Lipinski definition) is 0. The van der Waals surface area contributed by atoms with Gasteiger partial charge in [-0.15, -0.1) is 0 Å². The van der Waals surface area contributed by atoms with Crippen molar-refractivity contribution in [1.29, 1.82) is 5.26 Å². The first-order valence-electron chi connectivity index (χ1n) is 4.95. The van der Waals surface area contributed by atoms with E-state index in [1.807, 2.05) is 11.8 Å². The van der Waals surface area contributed by atoms with Gasteiger partial charge in [0.15, 0.2) is 0 Å². The second-order valence-corrected chi connectivity index (χ2v) is 5.09. The Morgan fingerprint density at radius 1 is 1.62 bits per heavy atom. The summed E-state index contributed by atoms with van der Waals surface area (Å²) in [6.07, 6.45) is 1.21. The second-order valence-electron chi connectivity index (χ2n) is 3.94. The Labute approximate surface area is 85.3 Å². The first kappa shape index (κ1) is 10.9. The van der Waals surface area contributed by atoms with Crippen LogP contribution in [0.25, 0.3) is 0 Å². The van der Waals surface area contributed by atoms with E-state index in [0.29, 0.717) is 0 Å². The maximum Gasteiger partial charge on any atom is 0.107 e. The Bertz CT molecular complexity index is 186. The summed E-state index contributed by atoms with van der Waals surface area (Å²) >= 11 is 1.90. The summed E-state index contributed by atoms with van der Waals surface area (Å²) in [7, 11) is 0. The van der Waals surface area contributed by atoms with Crippen molar-refractivity contribution < 1.29 is 0 Å². The van der Waals surface area contributed by atoms with E-state index < -0.39 is 0 Å². The van der Waals surface area contributed by atoms with Crippen molar-refractivity contribution in [1.82, 2.24) is 4.90 Å². The van der Waals surface area contributed by atoms with Gasteiger partial charge in [0.2, 0.25) is 0 Å². The van der Waals surface area contributed by atoms with Crippen LogP contribution >= 0.6 is 11.8 Å². The lowest BCUT2D eigenvalue weighted by molar-refractivity contribution is 0.242. The van der Waals surface area contributed by atoms with E-state index in [2.05, 4.69) is 24.8 Å². The Kier molecular flexibility index (Phi) is 4.61. The predicted molar refractivity (Wildman–Crippen MR) is 57.8 cm³/mol. The molecule has 0 amide bonds. The number of nitriles is 1. The molecule has 1 rings (SSSR count). The Balaban J connectivity index is 2.33. The van der Waals surface area contributed by atoms with Crippen LogP contribution in [-0.2, 0) is 0 Å². The van der Waals surface area contributed by atoms with Crippen LogP contribution < -0.4 is 0 Å². The third kappa shape index (κ3) is 3.58. The van der Waals surface area contributed by atoms with E-state index in [1.54, 1.807) is 0 Å². The minimum absolute atomic E-state index is 0.164. The average molecular weight is 198 g/mol. The number of hydrogen-bond acceptors (Lipinski definition) is 3. The molecule has 1 fully saturated rings. The Morgan fingerprint density at radius 2 is 2.38 bits per heavy atom. The lowest BCUT2D eigenvalue weighted by Gasteiger charge is -2.31. The van der Waals surface area contributed by atoms with Gasteiger partial charge in [0.1, 0.15) is 6.04 Å². The first-order chi connectivity index (χ1) is 6.24. The summed E-state index contributed by atoms with van der Waals surface area (Å²) in [5.41, 5.74) is 0.